The molecule has 6 heteroatoms. The van der Waals surface area contributed by atoms with Gasteiger partial charge in [-0.15, -0.1) is 0 Å². The maximum atomic E-state index is 12.9. The van der Waals surface area contributed by atoms with Crippen LogP contribution in [0, 0.1) is 11.3 Å². The molecule has 34 heavy (non-hydrogen) atoms. The maximum Gasteiger partial charge on any atom is 0.141 e. The van der Waals surface area contributed by atoms with Gasteiger partial charge in [-0.25, -0.2) is 0 Å². The van der Waals surface area contributed by atoms with E-state index in [-0.39, 0.29) is 5.92 Å². The summed E-state index contributed by atoms with van der Waals surface area (Å²) in [6, 6.07) is 8.67. The number of rotatable bonds is 6. The van der Waals surface area contributed by atoms with Gasteiger partial charge in [0.15, 0.2) is 0 Å². The Labute approximate surface area is 201 Å². The van der Waals surface area contributed by atoms with Crippen LogP contribution in [0.1, 0.15) is 43.5 Å². The first kappa shape index (κ1) is 21.9. The van der Waals surface area contributed by atoms with Gasteiger partial charge in [0.2, 0.25) is 0 Å². The number of nitrogens with zero attached hydrogens (tertiary/aromatic N) is 5. The monoisotopic (exact) mass is 457 g/mol. The SMILES string of the molecule is CN1CC2(CC(C(=O)Cc3cc4cc(-c5cnn(C)c5CN5CCCCC5)ccc4cn3)C2)C1. The average molecular weight is 458 g/mol. The molecule has 6 rings (SSSR count). The van der Waals surface area contributed by atoms with Gasteiger partial charge in [-0.2, -0.15) is 5.10 Å². The number of likely N-dealkylation sites (tertiary alicyclic amines) is 2. The molecule has 2 aliphatic heterocycles. The molecule has 4 heterocycles. The molecule has 6 nitrogen and oxygen atoms in total. The van der Waals surface area contributed by atoms with E-state index in [0.717, 1.165) is 48.9 Å². The fourth-order valence-electron chi connectivity index (χ4n) is 6.56. The first-order valence-corrected chi connectivity index (χ1v) is 12.8. The Hall–Kier alpha value is -2.57. The quantitative estimate of drug-likeness (QED) is 0.558. The molecular weight excluding hydrogens is 422 g/mol. The highest BCUT2D eigenvalue weighted by Gasteiger charge is 2.52. The van der Waals surface area contributed by atoms with Crippen LogP contribution in [0.2, 0.25) is 0 Å². The second-order valence-corrected chi connectivity index (χ2v) is 11.1. The zero-order valence-corrected chi connectivity index (χ0v) is 20.5. The number of aromatic nitrogens is 3. The predicted octanol–water partition coefficient (Wildman–Crippen LogP) is 4.07. The van der Waals surface area contributed by atoms with Crippen LogP contribution in [0.15, 0.2) is 36.7 Å². The molecule has 3 fully saturated rings. The molecule has 1 aromatic carbocycles. The molecule has 2 saturated heterocycles. The summed E-state index contributed by atoms with van der Waals surface area (Å²) in [6.45, 7) is 5.59. The Morgan fingerprint density at radius 3 is 2.59 bits per heavy atom. The molecule has 1 saturated carbocycles. The number of aryl methyl sites for hydroxylation is 1. The van der Waals surface area contributed by atoms with Crippen molar-refractivity contribution in [1.82, 2.24) is 24.6 Å². The average Bonchev–Trinajstić information content (AvgIpc) is 3.15. The lowest BCUT2D eigenvalue weighted by Crippen LogP contribution is -2.61. The number of Topliss-reactive ketones (excluding diaryl/α,β-unsaturated/α-hetero) is 1. The molecule has 0 atom stereocenters. The van der Waals surface area contributed by atoms with Crippen molar-refractivity contribution < 1.29 is 4.79 Å². The lowest BCUT2D eigenvalue weighted by Gasteiger charge is -2.58. The lowest BCUT2D eigenvalue weighted by atomic mass is 9.56. The number of hydrogen-bond donors (Lipinski definition) is 0. The van der Waals surface area contributed by atoms with Gasteiger partial charge in [0, 0.05) is 61.9 Å². The Morgan fingerprint density at radius 1 is 1.03 bits per heavy atom. The minimum Gasteiger partial charge on any atom is -0.305 e. The zero-order valence-electron chi connectivity index (χ0n) is 20.5. The Bertz CT molecular complexity index is 1210. The van der Waals surface area contributed by atoms with Gasteiger partial charge in [-0.3, -0.25) is 19.4 Å². The molecule has 3 aliphatic rings. The van der Waals surface area contributed by atoms with Gasteiger partial charge >= 0.3 is 0 Å². The lowest BCUT2D eigenvalue weighted by molar-refractivity contribution is -0.139. The van der Waals surface area contributed by atoms with Crippen LogP contribution in [0.4, 0.5) is 0 Å². The van der Waals surface area contributed by atoms with Gasteiger partial charge in [0.1, 0.15) is 5.78 Å². The van der Waals surface area contributed by atoms with Crippen molar-refractivity contribution in [2.45, 2.75) is 45.1 Å². The third-order valence-corrected chi connectivity index (χ3v) is 8.35. The van der Waals surface area contributed by atoms with Gasteiger partial charge in [0.25, 0.3) is 0 Å². The second kappa shape index (κ2) is 8.58. The highest BCUT2D eigenvalue weighted by molar-refractivity contribution is 5.89. The molecule has 178 valence electrons. The number of benzene rings is 1. The topological polar surface area (TPSA) is 54.3 Å². The van der Waals surface area contributed by atoms with Crippen molar-refractivity contribution >= 4 is 16.6 Å². The number of pyridine rings is 1. The zero-order chi connectivity index (χ0) is 23.3. The number of ketones is 1. The standard InChI is InChI=1S/C28H35N5O/c1-31-18-28(19-31)13-23(14-28)27(34)12-24-11-22-10-20(6-7-21(22)15-29-24)25-16-30-32(2)26(25)17-33-8-4-3-5-9-33/h6-7,10-11,15-16,23H,3-5,8-9,12-14,17-19H2,1-2H3. The number of carbonyl (C=O) groups excluding carboxylic acids is 1. The summed E-state index contributed by atoms with van der Waals surface area (Å²) in [6.07, 6.45) is 10.4. The highest BCUT2D eigenvalue weighted by Crippen LogP contribution is 2.51. The van der Waals surface area contributed by atoms with Crippen molar-refractivity contribution in [3.63, 3.8) is 0 Å². The normalized spacial score (nSPS) is 21.0. The molecule has 3 aromatic rings. The van der Waals surface area contributed by atoms with E-state index in [1.807, 2.05) is 24.1 Å². The molecule has 1 aliphatic carbocycles. The van der Waals surface area contributed by atoms with Crippen molar-refractivity contribution in [1.29, 1.82) is 0 Å². The van der Waals surface area contributed by atoms with Crippen molar-refractivity contribution in [3.8, 4) is 11.1 Å². The van der Waals surface area contributed by atoms with Gasteiger partial charge in [0.05, 0.1) is 11.9 Å². The minimum absolute atomic E-state index is 0.227. The Balaban J connectivity index is 1.19. The maximum absolute atomic E-state index is 12.9. The molecule has 0 bridgehead atoms. The van der Waals surface area contributed by atoms with Gasteiger partial charge in [-0.05, 0) is 74.3 Å². The Morgan fingerprint density at radius 2 is 1.82 bits per heavy atom. The fourth-order valence-corrected chi connectivity index (χ4v) is 6.56. The van der Waals surface area contributed by atoms with E-state index in [2.05, 4.69) is 51.2 Å². The van der Waals surface area contributed by atoms with E-state index >= 15 is 0 Å². The van der Waals surface area contributed by atoms with E-state index in [1.165, 1.54) is 49.2 Å². The van der Waals surface area contributed by atoms with E-state index in [0.29, 0.717) is 17.6 Å². The highest BCUT2D eigenvalue weighted by atomic mass is 16.1. The number of piperidine rings is 1. The first-order valence-electron chi connectivity index (χ1n) is 12.8. The second-order valence-electron chi connectivity index (χ2n) is 11.1. The summed E-state index contributed by atoms with van der Waals surface area (Å²) >= 11 is 0. The number of carbonyl (C=O) groups is 1. The first-order chi connectivity index (χ1) is 16.5. The summed E-state index contributed by atoms with van der Waals surface area (Å²) in [5, 5.41) is 6.85. The van der Waals surface area contributed by atoms with Crippen molar-refractivity contribution in [2.24, 2.45) is 18.4 Å². The molecule has 0 amide bonds. The number of fused-ring (bicyclic) bond motifs is 1. The van der Waals surface area contributed by atoms with Crippen LogP contribution in [-0.2, 0) is 24.8 Å². The van der Waals surface area contributed by atoms with E-state index in [1.54, 1.807) is 0 Å². The van der Waals surface area contributed by atoms with E-state index in [4.69, 9.17) is 0 Å². The van der Waals surface area contributed by atoms with Crippen LogP contribution in [0.3, 0.4) is 0 Å². The largest absolute Gasteiger partial charge is 0.305 e. The van der Waals surface area contributed by atoms with Crippen molar-refractivity contribution in [3.05, 3.63) is 48.0 Å². The van der Waals surface area contributed by atoms with E-state index < -0.39 is 0 Å². The van der Waals surface area contributed by atoms with Crippen LogP contribution in [-0.4, -0.2) is 63.6 Å². The fraction of sp³-hybridized carbons (Fsp3) is 0.536. The molecule has 0 unspecified atom stereocenters. The summed E-state index contributed by atoms with van der Waals surface area (Å²) < 4.78 is 2.02. The molecular formula is C28H35N5O. The van der Waals surface area contributed by atoms with Crippen LogP contribution in [0.5, 0.6) is 0 Å². The number of hydrogen-bond acceptors (Lipinski definition) is 5. The minimum atomic E-state index is 0.227. The van der Waals surface area contributed by atoms with Gasteiger partial charge in [-0.1, -0.05) is 18.6 Å². The summed E-state index contributed by atoms with van der Waals surface area (Å²) in [4.78, 5) is 22.4. The van der Waals surface area contributed by atoms with Crippen LogP contribution in [0.25, 0.3) is 21.9 Å². The summed E-state index contributed by atoms with van der Waals surface area (Å²) in [5.74, 6) is 0.588. The van der Waals surface area contributed by atoms with Crippen LogP contribution < -0.4 is 0 Å². The third-order valence-electron chi connectivity index (χ3n) is 8.35. The summed E-state index contributed by atoms with van der Waals surface area (Å²) in [5.41, 5.74) is 4.99. The van der Waals surface area contributed by atoms with Gasteiger partial charge < -0.3 is 4.90 Å². The molecule has 0 radical (unpaired) electrons. The predicted molar refractivity (Wildman–Crippen MR) is 134 cm³/mol. The van der Waals surface area contributed by atoms with Crippen LogP contribution >= 0.6 is 0 Å². The van der Waals surface area contributed by atoms with Crippen molar-refractivity contribution in [2.75, 3.05) is 33.2 Å². The smallest absolute Gasteiger partial charge is 0.141 e. The summed E-state index contributed by atoms with van der Waals surface area (Å²) in [7, 11) is 4.21. The molecule has 2 aromatic heterocycles. The third kappa shape index (κ3) is 4.07. The Kier molecular flexibility index (Phi) is 5.53. The van der Waals surface area contributed by atoms with E-state index in [9.17, 15) is 4.79 Å². The molecule has 0 N–H and O–H groups in total. The molecule has 1 spiro atoms.